The maximum atomic E-state index is 11.1. The lowest BCUT2D eigenvalue weighted by Crippen LogP contribution is -2.40. The number of hydrogen-bond acceptors (Lipinski definition) is 2. The Morgan fingerprint density at radius 3 is 2.41 bits per heavy atom. The van der Waals surface area contributed by atoms with E-state index in [2.05, 4.69) is 0 Å². The van der Waals surface area contributed by atoms with Crippen LogP contribution in [0.2, 0.25) is 0 Å². The molecule has 0 aliphatic rings. The summed E-state index contributed by atoms with van der Waals surface area (Å²) in [5.74, 6) is -2.04. The highest BCUT2D eigenvalue weighted by Gasteiger charge is 2.38. The van der Waals surface area contributed by atoms with Gasteiger partial charge in [0.25, 0.3) is 0 Å². The van der Waals surface area contributed by atoms with Gasteiger partial charge in [-0.2, -0.15) is 0 Å². The van der Waals surface area contributed by atoms with Gasteiger partial charge in [-0.15, -0.1) is 0 Å². The highest BCUT2D eigenvalue weighted by molar-refractivity contribution is 6.00. The number of aliphatic carboxylic acids is 1. The summed E-state index contributed by atoms with van der Waals surface area (Å²) in [5.41, 5.74) is 4.50. The molecule has 0 saturated carbocycles. The molecular formula is C13H15NO3. The van der Waals surface area contributed by atoms with E-state index in [-0.39, 0.29) is 6.42 Å². The Morgan fingerprint density at radius 2 is 1.94 bits per heavy atom. The van der Waals surface area contributed by atoms with E-state index in [1.807, 2.05) is 30.3 Å². The SMILES string of the molecule is CC(C/C=C/c1ccccc1)(C(N)=O)C(=O)O. The van der Waals surface area contributed by atoms with E-state index in [9.17, 15) is 9.59 Å². The Bertz CT molecular complexity index is 423. The second kappa shape index (κ2) is 5.30. The van der Waals surface area contributed by atoms with Gasteiger partial charge in [-0.1, -0.05) is 42.5 Å². The van der Waals surface area contributed by atoms with Gasteiger partial charge in [0.1, 0.15) is 5.41 Å². The number of benzene rings is 1. The first-order chi connectivity index (χ1) is 7.97. The van der Waals surface area contributed by atoms with Crippen LogP contribution in [0.25, 0.3) is 6.08 Å². The molecule has 0 fully saturated rings. The lowest BCUT2D eigenvalue weighted by Gasteiger charge is -2.18. The topological polar surface area (TPSA) is 80.4 Å². The van der Waals surface area contributed by atoms with Gasteiger partial charge in [-0.3, -0.25) is 9.59 Å². The van der Waals surface area contributed by atoms with Crippen molar-refractivity contribution in [3.8, 4) is 0 Å². The standard InChI is InChI=1S/C13H15NO3/c1-13(11(14)15,12(16)17)9-5-8-10-6-3-2-4-7-10/h2-8H,9H2,1H3,(H2,14,15)(H,16,17)/b8-5+. The lowest BCUT2D eigenvalue weighted by molar-refractivity contribution is -0.153. The van der Waals surface area contributed by atoms with E-state index in [4.69, 9.17) is 10.8 Å². The maximum absolute atomic E-state index is 11.1. The van der Waals surface area contributed by atoms with E-state index in [0.717, 1.165) is 5.56 Å². The summed E-state index contributed by atoms with van der Waals surface area (Å²) in [6.07, 6.45) is 3.49. The highest BCUT2D eigenvalue weighted by atomic mass is 16.4. The minimum atomic E-state index is -1.55. The molecule has 1 aromatic carbocycles. The van der Waals surface area contributed by atoms with Crippen molar-refractivity contribution in [3.63, 3.8) is 0 Å². The zero-order valence-corrected chi connectivity index (χ0v) is 9.59. The summed E-state index contributed by atoms with van der Waals surface area (Å²) >= 11 is 0. The molecular weight excluding hydrogens is 218 g/mol. The zero-order valence-electron chi connectivity index (χ0n) is 9.59. The van der Waals surface area contributed by atoms with Crippen LogP contribution in [-0.4, -0.2) is 17.0 Å². The van der Waals surface area contributed by atoms with Crippen LogP contribution < -0.4 is 5.73 Å². The van der Waals surface area contributed by atoms with E-state index >= 15 is 0 Å². The monoisotopic (exact) mass is 233 g/mol. The number of carbonyl (C=O) groups is 2. The third-order valence-electron chi connectivity index (χ3n) is 2.65. The number of carbonyl (C=O) groups excluding carboxylic acids is 1. The minimum absolute atomic E-state index is 0.0760. The number of carboxylic acid groups (broad SMARTS) is 1. The number of hydrogen-bond donors (Lipinski definition) is 2. The minimum Gasteiger partial charge on any atom is -0.480 e. The van der Waals surface area contributed by atoms with Gasteiger partial charge < -0.3 is 10.8 Å². The van der Waals surface area contributed by atoms with E-state index in [1.54, 1.807) is 12.2 Å². The molecule has 0 heterocycles. The molecule has 4 nitrogen and oxygen atoms in total. The normalized spacial score (nSPS) is 14.4. The van der Waals surface area contributed by atoms with Crippen LogP contribution in [0.5, 0.6) is 0 Å². The van der Waals surface area contributed by atoms with Crippen molar-refractivity contribution in [1.29, 1.82) is 0 Å². The van der Waals surface area contributed by atoms with Crippen molar-refractivity contribution in [2.45, 2.75) is 13.3 Å². The first-order valence-corrected chi connectivity index (χ1v) is 5.22. The van der Waals surface area contributed by atoms with Gasteiger partial charge in [-0.25, -0.2) is 0 Å². The summed E-state index contributed by atoms with van der Waals surface area (Å²) in [6, 6.07) is 9.42. The fourth-order valence-electron chi connectivity index (χ4n) is 1.29. The molecule has 0 aromatic heterocycles. The van der Waals surface area contributed by atoms with Crippen molar-refractivity contribution in [3.05, 3.63) is 42.0 Å². The van der Waals surface area contributed by atoms with Crippen LogP contribution in [0.4, 0.5) is 0 Å². The summed E-state index contributed by atoms with van der Waals surface area (Å²) in [6.45, 7) is 1.33. The number of allylic oxidation sites excluding steroid dienone is 1. The van der Waals surface area contributed by atoms with Crippen molar-refractivity contribution >= 4 is 18.0 Å². The Labute approximate surface area is 99.8 Å². The summed E-state index contributed by atoms with van der Waals surface area (Å²) in [5, 5.41) is 8.97. The summed E-state index contributed by atoms with van der Waals surface area (Å²) in [4.78, 5) is 22.1. The molecule has 0 aliphatic carbocycles. The highest BCUT2D eigenvalue weighted by Crippen LogP contribution is 2.22. The van der Waals surface area contributed by atoms with Crippen LogP contribution in [0.3, 0.4) is 0 Å². The Morgan fingerprint density at radius 1 is 1.35 bits per heavy atom. The first-order valence-electron chi connectivity index (χ1n) is 5.22. The molecule has 17 heavy (non-hydrogen) atoms. The molecule has 4 heteroatoms. The molecule has 1 unspecified atom stereocenters. The largest absolute Gasteiger partial charge is 0.480 e. The molecule has 0 bridgehead atoms. The molecule has 0 aliphatic heterocycles. The third-order valence-corrected chi connectivity index (χ3v) is 2.65. The van der Waals surface area contributed by atoms with Crippen LogP contribution >= 0.6 is 0 Å². The average molecular weight is 233 g/mol. The van der Waals surface area contributed by atoms with Gasteiger partial charge in [0.15, 0.2) is 0 Å². The number of primary amides is 1. The van der Waals surface area contributed by atoms with Crippen molar-refractivity contribution in [1.82, 2.24) is 0 Å². The molecule has 0 spiro atoms. The Kier molecular flexibility index (Phi) is 4.04. The lowest BCUT2D eigenvalue weighted by atomic mass is 9.86. The quantitative estimate of drug-likeness (QED) is 0.759. The molecule has 0 saturated heterocycles. The predicted molar refractivity (Wildman–Crippen MR) is 65.0 cm³/mol. The van der Waals surface area contributed by atoms with E-state index < -0.39 is 17.3 Å². The molecule has 1 atom stereocenters. The van der Waals surface area contributed by atoms with Gasteiger partial charge in [0.2, 0.25) is 5.91 Å². The van der Waals surface area contributed by atoms with Crippen molar-refractivity contribution in [2.75, 3.05) is 0 Å². The second-order valence-corrected chi connectivity index (χ2v) is 4.02. The Hall–Kier alpha value is -2.10. The molecule has 90 valence electrons. The second-order valence-electron chi connectivity index (χ2n) is 4.02. The van der Waals surface area contributed by atoms with Crippen LogP contribution in [0, 0.1) is 5.41 Å². The smallest absolute Gasteiger partial charge is 0.319 e. The number of carboxylic acids is 1. The van der Waals surface area contributed by atoms with Crippen LogP contribution in [-0.2, 0) is 9.59 Å². The van der Waals surface area contributed by atoms with E-state index in [1.165, 1.54) is 6.92 Å². The Balaban J connectivity index is 2.75. The summed E-state index contributed by atoms with van der Waals surface area (Å²) < 4.78 is 0. The molecule has 1 rings (SSSR count). The maximum Gasteiger partial charge on any atom is 0.319 e. The predicted octanol–water partition coefficient (Wildman–Crippen LogP) is 1.67. The zero-order chi connectivity index (χ0) is 12.9. The van der Waals surface area contributed by atoms with Gasteiger partial charge in [-0.05, 0) is 18.9 Å². The molecule has 1 amide bonds. The van der Waals surface area contributed by atoms with Crippen molar-refractivity contribution in [2.24, 2.45) is 11.1 Å². The molecule has 0 radical (unpaired) electrons. The fourth-order valence-corrected chi connectivity index (χ4v) is 1.29. The number of nitrogens with two attached hydrogens (primary N) is 1. The molecule has 1 aromatic rings. The van der Waals surface area contributed by atoms with Crippen LogP contribution in [0.15, 0.2) is 36.4 Å². The van der Waals surface area contributed by atoms with Crippen LogP contribution in [0.1, 0.15) is 18.9 Å². The number of amides is 1. The van der Waals surface area contributed by atoms with Gasteiger partial charge in [0.05, 0.1) is 0 Å². The summed E-state index contributed by atoms with van der Waals surface area (Å²) in [7, 11) is 0. The average Bonchev–Trinajstić information content (AvgIpc) is 2.29. The number of rotatable bonds is 5. The van der Waals surface area contributed by atoms with Gasteiger partial charge >= 0.3 is 5.97 Å². The first kappa shape index (κ1) is 13.0. The van der Waals surface area contributed by atoms with E-state index in [0.29, 0.717) is 0 Å². The molecule has 3 N–H and O–H groups in total. The fraction of sp³-hybridized carbons (Fsp3) is 0.231. The van der Waals surface area contributed by atoms with Gasteiger partial charge in [0, 0.05) is 0 Å². The third kappa shape index (κ3) is 3.17. The van der Waals surface area contributed by atoms with Crippen molar-refractivity contribution < 1.29 is 14.7 Å².